The largest absolute Gasteiger partial charge is 0.357 e. The van der Waals surface area contributed by atoms with E-state index < -0.39 is 0 Å². The van der Waals surface area contributed by atoms with E-state index in [2.05, 4.69) is 20.4 Å². The van der Waals surface area contributed by atoms with Gasteiger partial charge in [0.1, 0.15) is 6.04 Å². The maximum Gasteiger partial charge on any atom is 0.247 e. The van der Waals surface area contributed by atoms with E-state index >= 15 is 0 Å². The molecule has 0 aliphatic heterocycles. The molecule has 0 aliphatic rings. The van der Waals surface area contributed by atoms with Crippen LogP contribution in [0.25, 0.3) is 0 Å². The van der Waals surface area contributed by atoms with E-state index in [0.717, 1.165) is 5.56 Å². The SMILES string of the molecule is CC[C@@H](C(=O)N(C)Cc1cnc(NC)nc1)n1cccn1. The van der Waals surface area contributed by atoms with Gasteiger partial charge in [-0.3, -0.25) is 9.48 Å². The molecule has 1 atom stereocenters. The van der Waals surface area contributed by atoms with Gasteiger partial charge in [0.05, 0.1) is 0 Å². The zero-order chi connectivity index (χ0) is 15.2. The maximum atomic E-state index is 12.5. The van der Waals surface area contributed by atoms with Gasteiger partial charge in [0, 0.05) is 51.0 Å². The molecule has 21 heavy (non-hydrogen) atoms. The third kappa shape index (κ3) is 3.56. The molecule has 0 saturated carbocycles. The molecule has 0 spiro atoms. The highest BCUT2D eigenvalue weighted by molar-refractivity contribution is 5.80. The molecular weight excluding hydrogens is 268 g/mol. The second-order valence-corrected chi connectivity index (χ2v) is 4.77. The van der Waals surface area contributed by atoms with Crippen molar-refractivity contribution in [3.63, 3.8) is 0 Å². The van der Waals surface area contributed by atoms with Crippen LogP contribution < -0.4 is 5.32 Å². The number of nitrogens with zero attached hydrogens (tertiary/aromatic N) is 5. The molecule has 1 N–H and O–H groups in total. The molecule has 0 aliphatic carbocycles. The number of carbonyl (C=O) groups is 1. The molecule has 0 saturated heterocycles. The van der Waals surface area contributed by atoms with Crippen molar-refractivity contribution in [1.29, 1.82) is 0 Å². The van der Waals surface area contributed by atoms with E-state index in [1.54, 1.807) is 42.3 Å². The lowest BCUT2D eigenvalue weighted by molar-refractivity contribution is -0.134. The summed E-state index contributed by atoms with van der Waals surface area (Å²) in [5.41, 5.74) is 0.889. The molecule has 2 aromatic heterocycles. The third-order valence-corrected chi connectivity index (χ3v) is 3.24. The summed E-state index contributed by atoms with van der Waals surface area (Å²) < 4.78 is 1.69. The minimum Gasteiger partial charge on any atom is -0.357 e. The quantitative estimate of drug-likeness (QED) is 0.867. The van der Waals surface area contributed by atoms with Crippen molar-refractivity contribution in [2.45, 2.75) is 25.9 Å². The van der Waals surface area contributed by atoms with Gasteiger partial charge < -0.3 is 10.2 Å². The van der Waals surface area contributed by atoms with E-state index in [1.165, 1.54) is 0 Å². The standard InChI is InChI=1S/C14H20N6O/c1-4-12(20-7-5-6-18-20)13(21)19(3)10-11-8-16-14(15-2)17-9-11/h5-9,12H,4,10H2,1-3H3,(H,15,16,17)/t12-/m0/s1. The lowest BCUT2D eigenvalue weighted by Crippen LogP contribution is -2.34. The van der Waals surface area contributed by atoms with E-state index in [-0.39, 0.29) is 11.9 Å². The molecule has 2 rings (SSSR count). The number of anilines is 1. The summed E-state index contributed by atoms with van der Waals surface area (Å²) in [6.45, 7) is 2.45. The van der Waals surface area contributed by atoms with Gasteiger partial charge in [-0.05, 0) is 12.5 Å². The Balaban J connectivity index is 2.04. The summed E-state index contributed by atoms with van der Waals surface area (Å²) in [7, 11) is 3.54. The highest BCUT2D eigenvalue weighted by Crippen LogP contribution is 2.14. The topological polar surface area (TPSA) is 75.9 Å². The fourth-order valence-corrected chi connectivity index (χ4v) is 2.11. The Morgan fingerprint density at radius 3 is 2.67 bits per heavy atom. The van der Waals surface area contributed by atoms with Gasteiger partial charge in [0.15, 0.2) is 0 Å². The van der Waals surface area contributed by atoms with Gasteiger partial charge in [0.25, 0.3) is 0 Å². The van der Waals surface area contributed by atoms with Gasteiger partial charge in [-0.15, -0.1) is 0 Å². The Labute approximate surface area is 124 Å². The molecule has 0 unspecified atom stereocenters. The van der Waals surface area contributed by atoms with E-state index in [4.69, 9.17) is 0 Å². The van der Waals surface area contributed by atoms with Gasteiger partial charge in [-0.2, -0.15) is 5.10 Å². The molecule has 112 valence electrons. The normalized spacial score (nSPS) is 12.0. The van der Waals surface area contributed by atoms with Crippen molar-refractivity contribution >= 4 is 11.9 Å². The monoisotopic (exact) mass is 288 g/mol. The molecule has 0 bridgehead atoms. The van der Waals surface area contributed by atoms with Crippen molar-refractivity contribution in [3.8, 4) is 0 Å². The smallest absolute Gasteiger partial charge is 0.247 e. The molecule has 0 radical (unpaired) electrons. The molecule has 7 heteroatoms. The Hall–Kier alpha value is -2.44. The second-order valence-electron chi connectivity index (χ2n) is 4.77. The number of carbonyl (C=O) groups excluding carboxylic acids is 1. The second kappa shape index (κ2) is 6.83. The lowest BCUT2D eigenvalue weighted by Gasteiger charge is -2.23. The van der Waals surface area contributed by atoms with Crippen molar-refractivity contribution in [3.05, 3.63) is 36.4 Å². The molecule has 1 amide bonds. The average molecular weight is 288 g/mol. The Morgan fingerprint density at radius 1 is 1.43 bits per heavy atom. The Morgan fingerprint density at radius 2 is 2.14 bits per heavy atom. The number of amides is 1. The first-order chi connectivity index (χ1) is 10.2. The van der Waals surface area contributed by atoms with E-state index in [0.29, 0.717) is 18.9 Å². The van der Waals surface area contributed by atoms with Crippen LogP contribution >= 0.6 is 0 Å². The highest BCUT2D eigenvalue weighted by atomic mass is 16.2. The van der Waals surface area contributed by atoms with Crippen molar-refractivity contribution in [1.82, 2.24) is 24.6 Å². The van der Waals surface area contributed by atoms with Crippen LogP contribution in [0.15, 0.2) is 30.9 Å². The van der Waals surface area contributed by atoms with Gasteiger partial charge in [0.2, 0.25) is 11.9 Å². The van der Waals surface area contributed by atoms with Crippen LogP contribution in [-0.2, 0) is 11.3 Å². The minimum atomic E-state index is -0.275. The number of likely N-dealkylation sites (N-methyl/N-ethyl adjacent to an activating group) is 1. The summed E-state index contributed by atoms with van der Waals surface area (Å²) >= 11 is 0. The summed E-state index contributed by atoms with van der Waals surface area (Å²) in [5.74, 6) is 0.592. The summed E-state index contributed by atoms with van der Waals surface area (Å²) in [4.78, 5) is 22.5. The van der Waals surface area contributed by atoms with Crippen LogP contribution in [0.3, 0.4) is 0 Å². The minimum absolute atomic E-state index is 0.0268. The molecule has 7 nitrogen and oxygen atoms in total. The molecule has 0 aromatic carbocycles. The number of nitrogens with one attached hydrogen (secondary N) is 1. The summed E-state index contributed by atoms with van der Waals surface area (Å²) in [6.07, 6.45) is 7.62. The molecule has 2 aromatic rings. The van der Waals surface area contributed by atoms with Crippen molar-refractivity contribution < 1.29 is 4.79 Å². The fourth-order valence-electron chi connectivity index (χ4n) is 2.11. The van der Waals surface area contributed by atoms with Crippen LogP contribution in [0.1, 0.15) is 24.9 Å². The summed E-state index contributed by atoms with van der Waals surface area (Å²) in [5, 5.41) is 7.02. The number of rotatable bonds is 6. The van der Waals surface area contributed by atoms with Gasteiger partial charge >= 0.3 is 0 Å². The zero-order valence-corrected chi connectivity index (χ0v) is 12.5. The number of aromatic nitrogens is 4. The fraction of sp³-hybridized carbons (Fsp3) is 0.429. The van der Waals surface area contributed by atoms with Crippen LogP contribution in [-0.4, -0.2) is 44.7 Å². The zero-order valence-electron chi connectivity index (χ0n) is 12.5. The first kappa shape index (κ1) is 15.0. The first-order valence-corrected chi connectivity index (χ1v) is 6.88. The number of hydrogen-bond acceptors (Lipinski definition) is 5. The number of hydrogen-bond donors (Lipinski definition) is 1. The van der Waals surface area contributed by atoms with Crippen LogP contribution in [0.4, 0.5) is 5.95 Å². The average Bonchev–Trinajstić information content (AvgIpc) is 3.02. The maximum absolute atomic E-state index is 12.5. The lowest BCUT2D eigenvalue weighted by atomic mass is 10.2. The van der Waals surface area contributed by atoms with Crippen LogP contribution in [0.2, 0.25) is 0 Å². The van der Waals surface area contributed by atoms with Crippen LogP contribution in [0, 0.1) is 0 Å². The molecule has 0 fully saturated rings. The Bertz CT molecular complexity index is 566. The van der Waals surface area contributed by atoms with Crippen molar-refractivity contribution in [2.24, 2.45) is 0 Å². The predicted molar refractivity (Wildman–Crippen MR) is 79.6 cm³/mol. The van der Waals surface area contributed by atoms with Gasteiger partial charge in [-0.1, -0.05) is 6.92 Å². The predicted octanol–water partition coefficient (Wildman–Crippen LogP) is 1.32. The van der Waals surface area contributed by atoms with Crippen LogP contribution in [0.5, 0.6) is 0 Å². The van der Waals surface area contributed by atoms with Gasteiger partial charge in [-0.25, -0.2) is 9.97 Å². The molecule has 2 heterocycles. The van der Waals surface area contributed by atoms with Crippen molar-refractivity contribution in [2.75, 3.05) is 19.4 Å². The summed E-state index contributed by atoms with van der Waals surface area (Å²) in [6, 6.07) is 1.54. The highest BCUT2D eigenvalue weighted by Gasteiger charge is 2.22. The first-order valence-electron chi connectivity index (χ1n) is 6.88. The van der Waals surface area contributed by atoms with E-state index in [1.807, 2.05) is 19.2 Å². The van der Waals surface area contributed by atoms with E-state index in [9.17, 15) is 4.79 Å². The molecular formula is C14H20N6O. The Kier molecular flexibility index (Phi) is 4.86. The third-order valence-electron chi connectivity index (χ3n) is 3.24.